The lowest BCUT2D eigenvalue weighted by molar-refractivity contribution is 0.104. The molecule has 0 spiro atoms. The number of ketones is 1. The molecule has 0 atom stereocenters. The number of hydrogen-bond acceptors (Lipinski definition) is 3. The van der Waals surface area contributed by atoms with Crippen LogP contribution < -0.4 is 5.32 Å². The highest BCUT2D eigenvalue weighted by molar-refractivity contribution is 6.14. The number of rotatable bonds is 5. The van der Waals surface area contributed by atoms with Crippen LogP contribution in [0.25, 0.3) is 6.08 Å². The summed E-state index contributed by atoms with van der Waals surface area (Å²) in [6.07, 6.45) is 1.53. The zero-order valence-electron chi connectivity index (χ0n) is 13.8. The van der Waals surface area contributed by atoms with E-state index in [-0.39, 0.29) is 11.1 Å². The highest BCUT2D eigenvalue weighted by atomic mass is 19.1. The lowest BCUT2D eigenvalue weighted by Crippen LogP contribution is -2.01. The number of hydrogen-bond donors (Lipinski definition) is 1. The van der Waals surface area contributed by atoms with E-state index in [1.165, 1.54) is 30.3 Å². The number of nitriles is 1. The number of benzene rings is 3. The number of para-hydroxylation sites is 1. The molecule has 0 aliphatic carbocycles. The average Bonchev–Trinajstić information content (AvgIpc) is 2.68. The van der Waals surface area contributed by atoms with E-state index in [2.05, 4.69) is 5.32 Å². The summed E-state index contributed by atoms with van der Waals surface area (Å²) in [5, 5.41) is 12.6. The summed E-state index contributed by atoms with van der Waals surface area (Å²) < 4.78 is 13.0. The molecule has 0 heterocycles. The Bertz CT molecular complexity index is 969. The van der Waals surface area contributed by atoms with Crippen molar-refractivity contribution < 1.29 is 9.18 Å². The maximum atomic E-state index is 13.0. The van der Waals surface area contributed by atoms with Crippen molar-refractivity contribution in [1.82, 2.24) is 0 Å². The third-order valence-corrected chi connectivity index (χ3v) is 3.76. The molecule has 3 nitrogen and oxygen atoms in total. The highest BCUT2D eigenvalue weighted by Crippen LogP contribution is 2.19. The molecule has 26 heavy (non-hydrogen) atoms. The van der Waals surface area contributed by atoms with Gasteiger partial charge in [-0.2, -0.15) is 5.26 Å². The number of allylic oxidation sites excluding steroid dienone is 1. The molecule has 0 bridgehead atoms. The first-order valence-electron chi connectivity index (χ1n) is 8.00. The van der Waals surface area contributed by atoms with Gasteiger partial charge in [0.1, 0.15) is 17.5 Å². The fourth-order valence-corrected chi connectivity index (χ4v) is 2.42. The third kappa shape index (κ3) is 4.22. The standard InChI is InChI=1S/C22H15FN2O/c23-19-10-8-17(9-11-19)22(26)18(15-24)14-16-6-12-21(13-7-16)25-20-4-2-1-3-5-20/h1-14,25H/b18-14+. The molecule has 0 fully saturated rings. The molecule has 1 N–H and O–H groups in total. The molecule has 0 unspecified atom stereocenters. The van der Waals surface area contributed by atoms with Crippen molar-refractivity contribution in [3.05, 3.63) is 101 Å². The molecular weight excluding hydrogens is 327 g/mol. The average molecular weight is 342 g/mol. The number of Topliss-reactive ketones (excluding diaryl/α,β-unsaturated/α-hetero) is 1. The van der Waals surface area contributed by atoms with E-state index in [0.29, 0.717) is 0 Å². The third-order valence-electron chi connectivity index (χ3n) is 3.76. The van der Waals surface area contributed by atoms with Crippen LogP contribution in [-0.4, -0.2) is 5.78 Å². The van der Waals surface area contributed by atoms with Crippen LogP contribution in [0.4, 0.5) is 15.8 Å². The van der Waals surface area contributed by atoms with Gasteiger partial charge in [0.2, 0.25) is 5.78 Å². The van der Waals surface area contributed by atoms with Gasteiger partial charge in [0.05, 0.1) is 0 Å². The Hall–Kier alpha value is -3.71. The molecular formula is C22H15FN2O. The van der Waals surface area contributed by atoms with Gasteiger partial charge < -0.3 is 5.32 Å². The number of carbonyl (C=O) groups is 1. The monoisotopic (exact) mass is 342 g/mol. The Kier molecular flexibility index (Phi) is 5.21. The number of nitrogens with one attached hydrogen (secondary N) is 1. The van der Waals surface area contributed by atoms with Gasteiger partial charge in [0, 0.05) is 16.9 Å². The number of halogens is 1. The maximum Gasteiger partial charge on any atom is 0.203 e. The molecule has 3 aromatic rings. The van der Waals surface area contributed by atoms with E-state index in [0.717, 1.165) is 16.9 Å². The number of carbonyl (C=O) groups excluding carboxylic acids is 1. The fraction of sp³-hybridized carbons (Fsp3) is 0. The van der Waals surface area contributed by atoms with E-state index < -0.39 is 11.6 Å². The molecule has 0 radical (unpaired) electrons. The first-order chi connectivity index (χ1) is 12.7. The molecule has 3 rings (SSSR count). The molecule has 0 saturated carbocycles. The Labute approximate surface area is 151 Å². The quantitative estimate of drug-likeness (QED) is 0.386. The van der Waals surface area contributed by atoms with Crippen LogP contribution in [0.1, 0.15) is 15.9 Å². The van der Waals surface area contributed by atoms with Crippen molar-refractivity contribution in [3.63, 3.8) is 0 Å². The van der Waals surface area contributed by atoms with Crippen molar-refractivity contribution in [1.29, 1.82) is 5.26 Å². The van der Waals surface area contributed by atoms with Gasteiger partial charge in [0.25, 0.3) is 0 Å². The van der Waals surface area contributed by atoms with Gasteiger partial charge in [-0.15, -0.1) is 0 Å². The zero-order valence-corrected chi connectivity index (χ0v) is 13.8. The van der Waals surface area contributed by atoms with Gasteiger partial charge in [0.15, 0.2) is 0 Å². The minimum atomic E-state index is -0.431. The number of anilines is 2. The fourth-order valence-electron chi connectivity index (χ4n) is 2.42. The Morgan fingerprint density at radius 2 is 1.50 bits per heavy atom. The summed E-state index contributed by atoms with van der Waals surface area (Å²) in [5.74, 6) is -0.857. The Balaban J connectivity index is 1.78. The molecule has 0 aromatic heterocycles. The van der Waals surface area contributed by atoms with Crippen molar-refractivity contribution in [2.24, 2.45) is 0 Å². The van der Waals surface area contributed by atoms with Gasteiger partial charge in [-0.25, -0.2) is 4.39 Å². The Morgan fingerprint density at radius 3 is 2.12 bits per heavy atom. The first-order valence-corrected chi connectivity index (χ1v) is 8.00. The van der Waals surface area contributed by atoms with Crippen LogP contribution in [0.15, 0.2) is 84.4 Å². The summed E-state index contributed by atoms with van der Waals surface area (Å²) >= 11 is 0. The van der Waals surface area contributed by atoms with Crippen molar-refractivity contribution in [2.45, 2.75) is 0 Å². The summed E-state index contributed by atoms with van der Waals surface area (Å²) in [4.78, 5) is 12.4. The van der Waals surface area contributed by atoms with Crippen LogP contribution in [0.2, 0.25) is 0 Å². The van der Waals surface area contributed by atoms with E-state index >= 15 is 0 Å². The van der Waals surface area contributed by atoms with Crippen molar-refractivity contribution >= 4 is 23.2 Å². The summed E-state index contributed by atoms with van der Waals surface area (Å²) in [5.41, 5.74) is 2.88. The zero-order chi connectivity index (χ0) is 18.4. The predicted octanol–water partition coefficient (Wildman–Crippen LogP) is 5.36. The molecule has 4 heteroatoms. The minimum absolute atomic E-state index is 0.000349. The predicted molar refractivity (Wildman–Crippen MR) is 100 cm³/mol. The van der Waals surface area contributed by atoms with Crippen LogP contribution in [-0.2, 0) is 0 Å². The summed E-state index contributed by atoms with van der Waals surface area (Å²) in [7, 11) is 0. The lowest BCUT2D eigenvalue weighted by atomic mass is 10.0. The van der Waals surface area contributed by atoms with E-state index in [1.54, 1.807) is 0 Å². The van der Waals surface area contributed by atoms with Crippen LogP contribution in [0.3, 0.4) is 0 Å². The second kappa shape index (κ2) is 7.91. The second-order valence-electron chi connectivity index (χ2n) is 5.62. The second-order valence-corrected chi connectivity index (χ2v) is 5.62. The van der Waals surface area contributed by atoms with Gasteiger partial charge in [-0.1, -0.05) is 30.3 Å². The summed E-state index contributed by atoms with van der Waals surface area (Å²) in [6, 6.07) is 24.2. The minimum Gasteiger partial charge on any atom is -0.356 e. The summed E-state index contributed by atoms with van der Waals surface area (Å²) in [6.45, 7) is 0. The molecule has 126 valence electrons. The largest absolute Gasteiger partial charge is 0.356 e. The molecule has 0 amide bonds. The molecule has 3 aromatic carbocycles. The molecule has 0 aliphatic heterocycles. The maximum absolute atomic E-state index is 13.0. The lowest BCUT2D eigenvalue weighted by Gasteiger charge is -2.06. The Morgan fingerprint density at radius 1 is 0.885 bits per heavy atom. The SMILES string of the molecule is N#C/C(=C\c1ccc(Nc2ccccc2)cc1)C(=O)c1ccc(F)cc1. The van der Waals surface area contributed by atoms with Crippen molar-refractivity contribution in [2.75, 3.05) is 5.32 Å². The molecule has 0 aliphatic rings. The van der Waals surface area contributed by atoms with E-state index in [1.807, 2.05) is 60.7 Å². The number of nitrogens with zero attached hydrogens (tertiary/aromatic N) is 1. The van der Waals surface area contributed by atoms with Crippen molar-refractivity contribution in [3.8, 4) is 6.07 Å². The van der Waals surface area contributed by atoms with Crippen LogP contribution in [0, 0.1) is 17.1 Å². The van der Waals surface area contributed by atoms with Crippen LogP contribution in [0.5, 0.6) is 0 Å². The van der Waals surface area contributed by atoms with E-state index in [9.17, 15) is 14.4 Å². The van der Waals surface area contributed by atoms with E-state index in [4.69, 9.17) is 0 Å². The normalized spacial score (nSPS) is 10.8. The first kappa shape index (κ1) is 17.1. The highest BCUT2D eigenvalue weighted by Gasteiger charge is 2.12. The van der Waals surface area contributed by atoms with Gasteiger partial charge in [-0.3, -0.25) is 4.79 Å². The van der Waals surface area contributed by atoms with Crippen LogP contribution >= 0.6 is 0 Å². The van der Waals surface area contributed by atoms with Gasteiger partial charge in [-0.05, 0) is 60.2 Å². The topological polar surface area (TPSA) is 52.9 Å². The molecule has 0 saturated heterocycles. The van der Waals surface area contributed by atoms with Gasteiger partial charge >= 0.3 is 0 Å². The smallest absolute Gasteiger partial charge is 0.203 e.